The van der Waals surface area contributed by atoms with E-state index >= 15 is 0 Å². The summed E-state index contributed by atoms with van der Waals surface area (Å²) >= 11 is 0. The summed E-state index contributed by atoms with van der Waals surface area (Å²) in [5.41, 5.74) is 1.45. The Morgan fingerprint density at radius 1 is 1.33 bits per heavy atom. The highest BCUT2D eigenvalue weighted by Crippen LogP contribution is 2.29. The van der Waals surface area contributed by atoms with E-state index in [4.69, 9.17) is 4.74 Å². The molecule has 0 saturated heterocycles. The standard InChI is InChI=1S/C15H19NO2/c1-5-10-16(11-6-2)13-8-7-9-14(18-4)15(13)12(3)17/h5-9H,1-2,10-11H2,3-4H3. The van der Waals surface area contributed by atoms with Crippen molar-refractivity contribution in [3.05, 3.63) is 49.1 Å². The lowest BCUT2D eigenvalue weighted by Gasteiger charge is -2.24. The van der Waals surface area contributed by atoms with Crippen molar-refractivity contribution in [2.24, 2.45) is 0 Å². The molecule has 3 nitrogen and oxygen atoms in total. The smallest absolute Gasteiger partial charge is 0.165 e. The van der Waals surface area contributed by atoms with Crippen LogP contribution in [-0.4, -0.2) is 26.0 Å². The van der Waals surface area contributed by atoms with E-state index < -0.39 is 0 Å². The second-order valence-corrected chi connectivity index (χ2v) is 3.89. The fraction of sp³-hybridized carbons (Fsp3) is 0.267. The number of rotatable bonds is 7. The fourth-order valence-corrected chi connectivity index (χ4v) is 1.89. The van der Waals surface area contributed by atoms with Gasteiger partial charge in [0.25, 0.3) is 0 Å². The van der Waals surface area contributed by atoms with Gasteiger partial charge < -0.3 is 9.64 Å². The molecule has 0 fully saturated rings. The average Bonchev–Trinajstić information content (AvgIpc) is 2.37. The first-order valence-corrected chi connectivity index (χ1v) is 5.80. The van der Waals surface area contributed by atoms with E-state index in [9.17, 15) is 4.79 Å². The van der Waals surface area contributed by atoms with Gasteiger partial charge in [-0.15, -0.1) is 13.2 Å². The molecule has 1 aromatic rings. The van der Waals surface area contributed by atoms with Crippen LogP contribution in [0.4, 0.5) is 5.69 Å². The van der Waals surface area contributed by atoms with E-state index in [2.05, 4.69) is 13.2 Å². The maximum atomic E-state index is 11.8. The first kappa shape index (κ1) is 14.0. The Kier molecular flexibility index (Phi) is 5.18. The van der Waals surface area contributed by atoms with Gasteiger partial charge in [-0.25, -0.2) is 0 Å². The number of Topliss-reactive ketones (excluding diaryl/α,β-unsaturated/α-hetero) is 1. The average molecular weight is 245 g/mol. The Bertz CT molecular complexity index is 442. The van der Waals surface area contributed by atoms with Gasteiger partial charge in [-0.05, 0) is 19.1 Å². The SMILES string of the molecule is C=CCN(CC=C)c1cccc(OC)c1C(C)=O. The zero-order valence-corrected chi connectivity index (χ0v) is 11.0. The molecule has 0 heterocycles. The normalized spacial score (nSPS) is 9.67. The summed E-state index contributed by atoms with van der Waals surface area (Å²) in [6.07, 6.45) is 3.60. The van der Waals surface area contributed by atoms with Crippen LogP contribution in [0.5, 0.6) is 5.75 Å². The van der Waals surface area contributed by atoms with Crippen LogP contribution in [0.3, 0.4) is 0 Å². The van der Waals surface area contributed by atoms with Gasteiger partial charge in [0.05, 0.1) is 18.4 Å². The molecular weight excluding hydrogens is 226 g/mol. The molecular formula is C15H19NO2. The monoisotopic (exact) mass is 245 g/mol. The lowest BCUT2D eigenvalue weighted by Crippen LogP contribution is -2.25. The Morgan fingerprint density at radius 3 is 2.39 bits per heavy atom. The molecule has 0 aliphatic carbocycles. The Balaban J connectivity index is 3.31. The summed E-state index contributed by atoms with van der Waals surface area (Å²) in [6, 6.07) is 5.58. The molecule has 0 aliphatic heterocycles. The highest BCUT2D eigenvalue weighted by Gasteiger charge is 2.17. The van der Waals surface area contributed by atoms with E-state index in [1.807, 2.05) is 17.0 Å². The minimum Gasteiger partial charge on any atom is -0.496 e. The van der Waals surface area contributed by atoms with Gasteiger partial charge in [0.15, 0.2) is 5.78 Å². The van der Waals surface area contributed by atoms with Crippen molar-refractivity contribution < 1.29 is 9.53 Å². The minimum atomic E-state index is -0.0134. The number of methoxy groups -OCH3 is 1. The van der Waals surface area contributed by atoms with Crippen molar-refractivity contribution in [3.63, 3.8) is 0 Å². The molecule has 0 radical (unpaired) electrons. The Morgan fingerprint density at radius 2 is 1.94 bits per heavy atom. The third-order valence-electron chi connectivity index (χ3n) is 2.62. The van der Waals surface area contributed by atoms with Gasteiger partial charge in [0.1, 0.15) is 5.75 Å². The number of ketones is 1. The number of nitrogens with zero attached hydrogens (tertiary/aromatic N) is 1. The molecule has 1 rings (SSSR count). The van der Waals surface area contributed by atoms with E-state index in [0.29, 0.717) is 24.4 Å². The molecule has 0 saturated carbocycles. The fourth-order valence-electron chi connectivity index (χ4n) is 1.89. The Labute approximate surface area is 108 Å². The van der Waals surface area contributed by atoms with Crippen LogP contribution in [-0.2, 0) is 0 Å². The molecule has 1 aromatic carbocycles. The van der Waals surface area contributed by atoms with E-state index in [0.717, 1.165) is 5.69 Å². The summed E-state index contributed by atoms with van der Waals surface area (Å²) in [5.74, 6) is 0.582. The van der Waals surface area contributed by atoms with Gasteiger partial charge >= 0.3 is 0 Å². The van der Waals surface area contributed by atoms with Crippen molar-refractivity contribution in [3.8, 4) is 5.75 Å². The highest BCUT2D eigenvalue weighted by molar-refractivity contribution is 6.02. The third kappa shape index (κ3) is 3.00. The van der Waals surface area contributed by atoms with E-state index in [1.54, 1.807) is 32.3 Å². The number of benzene rings is 1. The molecule has 3 heteroatoms. The van der Waals surface area contributed by atoms with Gasteiger partial charge in [-0.3, -0.25) is 4.79 Å². The molecule has 96 valence electrons. The quantitative estimate of drug-likeness (QED) is 0.546. The second-order valence-electron chi connectivity index (χ2n) is 3.89. The molecule has 0 N–H and O–H groups in total. The minimum absolute atomic E-state index is 0.0134. The summed E-state index contributed by atoms with van der Waals surface area (Å²) in [4.78, 5) is 13.8. The largest absolute Gasteiger partial charge is 0.496 e. The maximum Gasteiger partial charge on any atom is 0.165 e. The molecule has 0 aliphatic rings. The van der Waals surface area contributed by atoms with Crippen molar-refractivity contribution in [1.29, 1.82) is 0 Å². The van der Waals surface area contributed by atoms with Gasteiger partial charge in [0.2, 0.25) is 0 Å². The van der Waals surface area contributed by atoms with Crippen molar-refractivity contribution >= 4 is 11.5 Å². The third-order valence-corrected chi connectivity index (χ3v) is 2.62. The van der Waals surface area contributed by atoms with Gasteiger partial charge in [-0.1, -0.05) is 18.2 Å². The molecule has 0 atom stereocenters. The molecule has 0 unspecified atom stereocenters. The molecule has 0 bridgehead atoms. The molecule has 0 aromatic heterocycles. The molecule has 18 heavy (non-hydrogen) atoms. The van der Waals surface area contributed by atoms with Crippen molar-refractivity contribution in [2.75, 3.05) is 25.1 Å². The second kappa shape index (κ2) is 6.64. The Hall–Kier alpha value is -2.03. The van der Waals surface area contributed by atoms with E-state index in [1.165, 1.54) is 0 Å². The number of hydrogen-bond donors (Lipinski definition) is 0. The van der Waals surface area contributed by atoms with Gasteiger partial charge in [0, 0.05) is 13.1 Å². The highest BCUT2D eigenvalue weighted by atomic mass is 16.5. The van der Waals surface area contributed by atoms with Crippen LogP contribution in [0.25, 0.3) is 0 Å². The zero-order chi connectivity index (χ0) is 13.5. The van der Waals surface area contributed by atoms with Crippen LogP contribution in [0, 0.1) is 0 Å². The lowest BCUT2D eigenvalue weighted by molar-refractivity contribution is 0.101. The summed E-state index contributed by atoms with van der Waals surface area (Å²) in [6.45, 7) is 10.3. The number of ether oxygens (including phenoxy) is 1. The molecule has 0 spiro atoms. The number of carbonyl (C=O) groups is 1. The first-order chi connectivity index (χ1) is 8.65. The number of anilines is 1. The summed E-state index contributed by atoms with van der Waals surface area (Å²) in [7, 11) is 1.57. The summed E-state index contributed by atoms with van der Waals surface area (Å²) < 4.78 is 5.25. The van der Waals surface area contributed by atoms with Crippen LogP contribution in [0.15, 0.2) is 43.5 Å². The maximum absolute atomic E-state index is 11.8. The zero-order valence-electron chi connectivity index (χ0n) is 11.0. The number of hydrogen-bond acceptors (Lipinski definition) is 3. The molecule has 0 amide bonds. The van der Waals surface area contributed by atoms with E-state index in [-0.39, 0.29) is 5.78 Å². The van der Waals surface area contributed by atoms with Crippen LogP contribution < -0.4 is 9.64 Å². The van der Waals surface area contributed by atoms with Gasteiger partial charge in [-0.2, -0.15) is 0 Å². The predicted octanol–water partition coefficient (Wildman–Crippen LogP) is 3.08. The van der Waals surface area contributed by atoms with Crippen LogP contribution in [0.1, 0.15) is 17.3 Å². The topological polar surface area (TPSA) is 29.5 Å². The van der Waals surface area contributed by atoms with Crippen LogP contribution >= 0.6 is 0 Å². The first-order valence-electron chi connectivity index (χ1n) is 5.80. The van der Waals surface area contributed by atoms with Crippen LogP contribution in [0.2, 0.25) is 0 Å². The number of carbonyl (C=O) groups excluding carboxylic acids is 1. The summed E-state index contributed by atoms with van der Waals surface area (Å²) in [5, 5.41) is 0. The van der Waals surface area contributed by atoms with Crippen molar-refractivity contribution in [1.82, 2.24) is 0 Å². The predicted molar refractivity (Wildman–Crippen MR) is 75.6 cm³/mol. The van der Waals surface area contributed by atoms with Crippen molar-refractivity contribution in [2.45, 2.75) is 6.92 Å². The lowest BCUT2D eigenvalue weighted by atomic mass is 10.1.